The van der Waals surface area contributed by atoms with Crippen molar-refractivity contribution in [3.05, 3.63) is 49.0 Å². The number of unbranched alkanes of at least 4 members (excludes halogenated alkanes) is 1. The van der Waals surface area contributed by atoms with Crippen molar-refractivity contribution in [3.63, 3.8) is 0 Å². The van der Waals surface area contributed by atoms with Gasteiger partial charge in [-0.25, -0.2) is 9.78 Å². The molecule has 0 aliphatic carbocycles. The van der Waals surface area contributed by atoms with Crippen molar-refractivity contribution in [2.24, 2.45) is 0 Å². The Morgan fingerprint density at radius 3 is 2.67 bits per heavy atom. The number of halogens is 2. The fourth-order valence-electron chi connectivity index (χ4n) is 3.32. The summed E-state index contributed by atoms with van der Waals surface area (Å²) in [6, 6.07) is 1.61. The molecule has 0 bridgehead atoms. The van der Waals surface area contributed by atoms with Gasteiger partial charge in [-0.15, -0.1) is 10.2 Å². The fourth-order valence-corrected chi connectivity index (χ4v) is 4.69. The van der Waals surface area contributed by atoms with Crippen LogP contribution in [-0.4, -0.2) is 33.7 Å². The van der Waals surface area contributed by atoms with Crippen LogP contribution in [0.5, 0.6) is 0 Å². The lowest BCUT2D eigenvalue weighted by Crippen LogP contribution is -2.31. The summed E-state index contributed by atoms with van der Waals surface area (Å²) in [5.74, 6) is 1.10. The maximum atomic E-state index is 12.5. The number of fused-ring (bicyclic) bond motifs is 2. The Balaban J connectivity index is 1.75. The van der Waals surface area contributed by atoms with Crippen molar-refractivity contribution >= 4 is 51.8 Å². The Morgan fingerprint density at radius 2 is 1.93 bits per heavy atom. The monoisotopic (exact) mass is 467 g/mol. The van der Waals surface area contributed by atoms with Crippen molar-refractivity contribution in [1.29, 1.82) is 0 Å². The van der Waals surface area contributed by atoms with Crippen molar-refractivity contribution in [1.82, 2.24) is 33.7 Å². The van der Waals surface area contributed by atoms with Gasteiger partial charge in [0.15, 0.2) is 22.0 Å². The lowest BCUT2D eigenvalue weighted by atomic mass is 10.3. The molecule has 1 N–H and O–H groups in total. The molecule has 0 saturated heterocycles. The number of aromatic nitrogens is 7. The van der Waals surface area contributed by atoms with E-state index in [1.165, 1.54) is 16.3 Å². The summed E-state index contributed by atoms with van der Waals surface area (Å²) in [6.45, 7) is 5.02. The summed E-state index contributed by atoms with van der Waals surface area (Å²) >= 11 is 13.7. The lowest BCUT2D eigenvalue weighted by molar-refractivity contribution is 0.613. The van der Waals surface area contributed by atoms with Crippen LogP contribution in [0.15, 0.2) is 27.0 Å². The van der Waals surface area contributed by atoms with Gasteiger partial charge >= 0.3 is 5.69 Å². The molecule has 30 heavy (non-hydrogen) atoms. The molecule has 0 spiro atoms. The van der Waals surface area contributed by atoms with Crippen LogP contribution in [-0.2, 0) is 18.8 Å². The van der Waals surface area contributed by atoms with Gasteiger partial charge in [0.2, 0.25) is 0 Å². The first kappa shape index (κ1) is 21.0. The number of imidazole rings is 1. The molecule has 4 aromatic heterocycles. The van der Waals surface area contributed by atoms with Crippen LogP contribution < -0.4 is 11.2 Å². The summed E-state index contributed by atoms with van der Waals surface area (Å²) in [5, 5.41) is 9.77. The van der Waals surface area contributed by atoms with Crippen LogP contribution in [0.4, 0.5) is 0 Å². The molecule has 4 rings (SSSR count). The van der Waals surface area contributed by atoms with Gasteiger partial charge < -0.3 is 4.57 Å². The molecular formula is C18H19Cl2N7O2S. The third-order valence-electron chi connectivity index (χ3n) is 4.74. The Morgan fingerprint density at radius 1 is 1.13 bits per heavy atom. The summed E-state index contributed by atoms with van der Waals surface area (Å²) in [5.41, 5.74) is 0.457. The number of H-pyrrole nitrogens is 1. The van der Waals surface area contributed by atoms with E-state index in [1.54, 1.807) is 16.7 Å². The van der Waals surface area contributed by atoms with Gasteiger partial charge in [-0.3, -0.25) is 18.7 Å². The zero-order chi connectivity index (χ0) is 21.4. The van der Waals surface area contributed by atoms with Crippen LogP contribution in [0.2, 0.25) is 10.0 Å². The highest BCUT2D eigenvalue weighted by Gasteiger charge is 2.19. The highest BCUT2D eigenvalue weighted by Crippen LogP contribution is 2.27. The average Bonchev–Trinajstić information content (AvgIpc) is 3.27. The van der Waals surface area contributed by atoms with Crippen molar-refractivity contribution in [3.8, 4) is 0 Å². The molecule has 0 aliphatic heterocycles. The van der Waals surface area contributed by atoms with E-state index in [0.29, 0.717) is 56.7 Å². The number of nitrogens with one attached hydrogen (secondary N) is 1. The second-order valence-corrected chi connectivity index (χ2v) is 8.47. The van der Waals surface area contributed by atoms with Crippen LogP contribution in [0, 0.1) is 0 Å². The van der Waals surface area contributed by atoms with Gasteiger partial charge in [-0.05, 0) is 19.4 Å². The quantitative estimate of drug-likeness (QED) is 0.418. The number of pyridine rings is 1. The molecule has 0 unspecified atom stereocenters. The predicted molar refractivity (Wildman–Crippen MR) is 118 cm³/mol. The van der Waals surface area contributed by atoms with E-state index in [2.05, 4.69) is 20.2 Å². The highest BCUT2D eigenvalue weighted by molar-refractivity contribution is 7.98. The molecule has 0 fully saturated rings. The number of aryl methyl sites for hydroxylation is 2. The number of hydrogen-bond donors (Lipinski definition) is 1. The Kier molecular flexibility index (Phi) is 5.90. The molecule has 4 heterocycles. The molecular weight excluding hydrogens is 449 g/mol. The van der Waals surface area contributed by atoms with E-state index in [0.717, 1.165) is 12.8 Å². The molecule has 158 valence electrons. The van der Waals surface area contributed by atoms with E-state index in [9.17, 15) is 9.59 Å². The summed E-state index contributed by atoms with van der Waals surface area (Å²) in [6.07, 6.45) is 3.44. The first-order valence-electron chi connectivity index (χ1n) is 9.49. The highest BCUT2D eigenvalue weighted by atomic mass is 35.5. The van der Waals surface area contributed by atoms with Gasteiger partial charge in [-0.2, -0.15) is 0 Å². The zero-order valence-electron chi connectivity index (χ0n) is 16.4. The summed E-state index contributed by atoms with van der Waals surface area (Å²) in [4.78, 5) is 31.9. The molecule has 0 aromatic carbocycles. The van der Waals surface area contributed by atoms with E-state index >= 15 is 0 Å². The van der Waals surface area contributed by atoms with E-state index in [1.807, 2.05) is 18.4 Å². The van der Waals surface area contributed by atoms with Gasteiger partial charge in [0.1, 0.15) is 5.82 Å². The SMILES string of the molecule is CCCCn1c(=O)[nH]c(=O)c2c1nc(CSc1nnc3c(Cl)cc(Cl)cn13)n2CC. The standard InChI is InChI=1S/C18H19Cl2N7O2S/c1-3-5-6-26-15-13(16(28)22-17(26)29)25(4-2)12(21-15)9-30-18-24-23-14-11(20)7-10(19)8-27(14)18/h7-8H,3-6,9H2,1-2H3,(H,22,28,29). The minimum Gasteiger partial charge on any atom is -0.322 e. The van der Waals surface area contributed by atoms with Gasteiger partial charge in [0, 0.05) is 19.3 Å². The van der Waals surface area contributed by atoms with Gasteiger partial charge in [0.25, 0.3) is 5.56 Å². The molecule has 4 aromatic rings. The number of rotatable bonds is 7. The Hall–Kier alpha value is -2.30. The van der Waals surface area contributed by atoms with Crippen LogP contribution in [0.3, 0.4) is 0 Å². The molecule has 0 atom stereocenters. The minimum absolute atomic E-state index is 0.404. The zero-order valence-corrected chi connectivity index (χ0v) is 18.7. The first-order chi connectivity index (χ1) is 14.4. The van der Waals surface area contributed by atoms with Crippen molar-refractivity contribution < 1.29 is 0 Å². The average molecular weight is 468 g/mol. The van der Waals surface area contributed by atoms with Crippen LogP contribution in [0.1, 0.15) is 32.5 Å². The maximum Gasteiger partial charge on any atom is 0.330 e. The first-order valence-corrected chi connectivity index (χ1v) is 11.2. The van der Waals surface area contributed by atoms with Gasteiger partial charge in [0.05, 0.1) is 15.8 Å². The number of thioether (sulfide) groups is 1. The minimum atomic E-state index is -0.436. The summed E-state index contributed by atoms with van der Waals surface area (Å²) in [7, 11) is 0. The van der Waals surface area contributed by atoms with Crippen molar-refractivity contribution in [2.45, 2.75) is 50.7 Å². The summed E-state index contributed by atoms with van der Waals surface area (Å²) < 4.78 is 5.08. The van der Waals surface area contributed by atoms with E-state index < -0.39 is 11.2 Å². The van der Waals surface area contributed by atoms with E-state index in [4.69, 9.17) is 23.2 Å². The molecule has 0 aliphatic rings. The largest absolute Gasteiger partial charge is 0.330 e. The molecule has 0 amide bonds. The Bertz CT molecular complexity index is 1350. The second kappa shape index (κ2) is 8.44. The van der Waals surface area contributed by atoms with Crippen LogP contribution >= 0.6 is 35.0 Å². The van der Waals surface area contributed by atoms with E-state index in [-0.39, 0.29) is 0 Å². The topological polar surface area (TPSA) is 103 Å². The molecule has 12 heteroatoms. The predicted octanol–water partition coefficient (Wildman–Crippen LogP) is 3.35. The fraction of sp³-hybridized carbons (Fsp3) is 0.389. The second-order valence-electron chi connectivity index (χ2n) is 6.68. The number of nitrogens with zero attached hydrogens (tertiary/aromatic N) is 6. The number of aromatic amines is 1. The van der Waals surface area contributed by atoms with Crippen LogP contribution in [0.25, 0.3) is 16.8 Å². The van der Waals surface area contributed by atoms with Gasteiger partial charge in [-0.1, -0.05) is 48.3 Å². The lowest BCUT2D eigenvalue weighted by Gasteiger charge is -2.06. The third kappa shape index (κ3) is 3.63. The normalized spacial score (nSPS) is 11.7. The van der Waals surface area contributed by atoms with Crippen molar-refractivity contribution in [2.75, 3.05) is 0 Å². The Labute approximate surface area is 185 Å². The third-order valence-corrected chi connectivity index (χ3v) is 6.17. The number of hydrogen-bond acceptors (Lipinski definition) is 6. The molecule has 0 saturated carbocycles. The maximum absolute atomic E-state index is 12.5. The smallest absolute Gasteiger partial charge is 0.322 e. The molecule has 0 radical (unpaired) electrons. The molecule has 9 nitrogen and oxygen atoms in total.